The van der Waals surface area contributed by atoms with Crippen molar-refractivity contribution in [1.82, 2.24) is 0 Å². The number of ether oxygens (including phenoxy) is 4. The molecule has 0 aromatic heterocycles. The molecule has 1 heterocycles. The van der Waals surface area contributed by atoms with E-state index in [4.69, 9.17) is 18.9 Å². The molecule has 5 atom stereocenters. The molecule has 0 radical (unpaired) electrons. The van der Waals surface area contributed by atoms with Crippen LogP contribution < -0.4 is 5.32 Å². The third kappa shape index (κ3) is 6.94. The SMILES string of the molecule is CC(=O)OC[C@H]1S[C@@H](Nc2ccccc2)[C@H](OC(C)=O)[C@@H](OC(C)=O)[C@@H]1OC(C)=O. The number of nitrogens with one attached hydrogen (secondary N) is 1. The zero-order chi connectivity index (χ0) is 22.3. The first-order chi connectivity index (χ1) is 14.2. The predicted molar refractivity (Wildman–Crippen MR) is 109 cm³/mol. The number of benzene rings is 1. The summed E-state index contributed by atoms with van der Waals surface area (Å²) >= 11 is 1.27. The van der Waals surface area contributed by atoms with Gasteiger partial charge in [-0.2, -0.15) is 0 Å². The lowest BCUT2D eigenvalue weighted by Crippen LogP contribution is -2.60. The molecule has 1 aromatic carbocycles. The van der Waals surface area contributed by atoms with Crippen LogP contribution in [-0.2, 0) is 38.1 Å². The van der Waals surface area contributed by atoms with Gasteiger partial charge in [-0.25, -0.2) is 0 Å². The Morgan fingerprint density at radius 2 is 1.33 bits per heavy atom. The molecule has 0 bridgehead atoms. The Hall–Kier alpha value is -2.75. The van der Waals surface area contributed by atoms with Crippen LogP contribution in [0.2, 0.25) is 0 Å². The Bertz CT molecular complexity index is 771. The molecule has 0 unspecified atom stereocenters. The smallest absolute Gasteiger partial charge is 0.303 e. The van der Waals surface area contributed by atoms with E-state index in [1.54, 1.807) is 0 Å². The molecule has 2 rings (SSSR count). The third-order valence-electron chi connectivity index (χ3n) is 4.07. The molecule has 1 saturated heterocycles. The van der Waals surface area contributed by atoms with Gasteiger partial charge >= 0.3 is 23.9 Å². The first kappa shape index (κ1) is 23.5. The maximum Gasteiger partial charge on any atom is 0.303 e. The average molecular weight is 439 g/mol. The van der Waals surface area contributed by atoms with E-state index >= 15 is 0 Å². The minimum atomic E-state index is -1.10. The Morgan fingerprint density at radius 1 is 0.800 bits per heavy atom. The minimum Gasteiger partial charge on any atom is -0.465 e. The van der Waals surface area contributed by atoms with Crippen LogP contribution in [0.25, 0.3) is 0 Å². The lowest BCUT2D eigenvalue weighted by atomic mass is 10.0. The number of anilines is 1. The Labute approximate surface area is 178 Å². The van der Waals surface area contributed by atoms with E-state index in [0.717, 1.165) is 5.69 Å². The topological polar surface area (TPSA) is 117 Å². The van der Waals surface area contributed by atoms with Crippen molar-refractivity contribution in [3.8, 4) is 0 Å². The fourth-order valence-corrected chi connectivity index (χ4v) is 4.50. The van der Waals surface area contributed by atoms with Crippen LogP contribution in [0.4, 0.5) is 5.69 Å². The summed E-state index contributed by atoms with van der Waals surface area (Å²) in [4.78, 5) is 46.7. The monoisotopic (exact) mass is 439 g/mol. The zero-order valence-electron chi connectivity index (χ0n) is 17.2. The summed E-state index contributed by atoms with van der Waals surface area (Å²) in [6.45, 7) is 4.83. The van der Waals surface area contributed by atoms with Crippen molar-refractivity contribution < 1.29 is 38.1 Å². The maximum absolute atomic E-state index is 11.8. The van der Waals surface area contributed by atoms with Gasteiger partial charge in [0.05, 0.1) is 5.25 Å². The molecule has 0 amide bonds. The van der Waals surface area contributed by atoms with Crippen LogP contribution in [-0.4, -0.2) is 59.4 Å². The minimum absolute atomic E-state index is 0.0878. The highest BCUT2D eigenvalue weighted by Crippen LogP contribution is 2.38. The van der Waals surface area contributed by atoms with Crippen LogP contribution >= 0.6 is 11.8 Å². The molecular weight excluding hydrogens is 414 g/mol. The normalized spacial score (nSPS) is 25.5. The number of esters is 4. The van der Waals surface area contributed by atoms with Crippen molar-refractivity contribution in [3.63, 3.8) is 0 Å². The first-order valence-electron chi connectivity index (χ1n) is 9.29. The highest BCUT2D eigenvalue weighted by Gasteiger charge is 2.51. The maximum atomic E-state index is 11.8. The van der Waals surface area contributed by atoms with E-state index in [0.29, 0.717) is 0 Å². The van der Waals surface area contributed by atoms with Gasteiger partial charge < -0.3 is 24.3 Å². The lowest BCUT2D eigenvalue weighted by Gasteiger charge is -2.44. The van der Waals surface area contributed by atoms with Crippen LogP contribution in [0.5, 0.6) is 0 Å². The molecule has 1 aliphatic heterocycles. The van der Waals surface area contributed by atoms with E-state index in [9.17, 15) is 19.2 Å². The second-order valence-electron chi connectivity index (χ2n) is 6.63. The molecule has 1 N–H and O–H groups in total. The predicted octanol–water partition coefficient (Wildman–Crippen LogP) is 1.90. The van der Waals surface area contributed by atoms with Crippen molar-refractivity contribution in [2.45, 2.75) is 56.6 Å². The van der Waals surface area contributed by atoms with Crippen molar-refractivity contribution in [2.24, 2.45) is 0 Å². The van der Waals surface area contributed by atoms with Gasteiger partial charge in [0.2, 0.25) is 0 Å². The second kappa shape index (κ2) is 10.9. The van der Waals surface area contributed by atoms with Gasteiger partial charge in [-0.05, 0) is 12.1 Å². The van der Waals surface area contributed by atoms with Gasteiger partial charge in [-0.15, -0.1) is 11.8 Å². The molecule has 9 nitrogen and oxygen atoms in total. The van der Waals surface area contributed by atoms with Crippen molar-refractivity contribution in [2.75, 3.05) is 11.9 Å². The lowest BCUT2D eigenvalue weighted by molar-refractivity contribution is -0.185. The molecule has 1 aliphatic rings. The molecular formula is C20H25NO8S. The molecule has 164 valence electrons. The van der Waals surface area contributed by atoms with E-state index in [2.05, 4.69) is 5.32 Å². The van der Waals surface area contributed by atoms with Crippen molar-refractivity contribution in [3.05, 3.63) is 30.3 Å². The number of carbonyl (C=O) groups is 4. The van der Waals surface area contributed by atoms with Crippen LogP contribution in [0.1, 0.15) is 27.7 Å². The van der Waals surface area contributed by atoms with E-state index in [1.165, 1.54) is 39.5 Å². The van der Waals surface area contributed by atoms with Crippen LogP contribution in [0.15, 0.2) is 30.3 Å². The third-order valence-corrected chi connectivity index (χ3v) is 5.51. The number of rotatable bonds is 7. The summed E-state index contributed by atoms with van der Waals surface area (Å²) in [6.07, 6.45) is -3.05. The van der Waals surface area contributed by atoms with Crippen LogP contribution in [0, 0.1) is 0 Å². The highest BCUT2D eigenvalue weighted by molar-refractivity contribution is 8.00. The molecule has 0 aliphatic carbocycles. The molecule has 1 fully saturated rings. The number of thioether (sulfide) groups is 1. The summed E-state index contributed by atoms with van der Waals surface area (Å²) in [6, 6.07) is 9.16. The summed E-state index contributed by atoms with van der Waals surface area (Å²) in [5.74, 6) is -2.33. The zero-order valence-corrected chi connectivity index (χ0v) is 18.0. The highest BCUT2D eigenvalue weighted by atomic mass is 32.2. The summed E-state index contributed by atoms with van der Waals surface area (Å²) in [5.41, 5.74) is 0.742. The number of hydrogen-bond acceptors (Lipinski definition) is 10. The van der Waals surface area contributed by atoms with Gasteiger partial charge in [0.25, 0.3) is 0 Å². The van der Waals surface area contributed by atoms with Gasteiger partial charge in [-0.3, -0.25) is 19.2 Å². The van der Waals surface area contributed by atoms with Gasteiger partial charge in [0.15, 0.2) is 18.3 Å². The quantitative estimate of drug-likeness (QED) is 0.498. The molecule has 0 spiro atoms. The average Bonchev–Trinajstić information content (AvgIpc) is 2.64. The van der Waals surface area contributed by atoms with E-state index < -0.39 is 52.8 Å². The van der Waals surface area contributed by atoms with Gasteiger partial charge in [-0.1, -0.05) is 18.2 Å². The summed E-state index contributed by atoms with van der Waals surface area (Å²) < 4.78 is 21.5. The standard InChI is InChI=1S/C20H25NO8S/c1-11(22)26-10-16-17(27-12(2)23)18(28-13(3)24)19(29-14(4)25)20(30-16)21-15-8-6-5-7-9-15/h5-9,16-21H,10H2,1-4H3/t16-,17-,18+,19-,20-/m1/s1. The Kier molecular flexibility index (Phi) is 8.52. The fraction of sp³-hybridized carbons (Fsp3) is 0.500. The van der Waals surface area contributed by atoms with Crippen molar-refractivity contribution in [1.29, 1.82) is 0 Å². The number of hydrogen-bond donors (Lipinski definition) is 1. The molecule has 0 saturated carbocycles. The Balaban J connectivity index is 2.42. The van der Waals surface area contributed by atoms with E-state index in [1.807, 2.05) is 30.3 Å². The van der Waals surface area contributed by atoms with Gasteiger partial charge in [0, 0.05) is 33.4 Å². The summed E-state index contributed by atoms with van der Waals surface area (Å²) in [7, 11) is 0. The van der Waals surface area contributed by atoms with Gasteiger partial charge in [0.1, 0.15) is 12.0 Å². The molecule has 10 heteroatoms. The number of carbonyl (C=O) groups excluding carboxylic acids is 4. The number of para-hydroxylation sites is 1. The van der Waals surface area contributed by atoms with Crippen molar-refractivity contribution >= 4 is 41.3 Å². The van der Waals surface area contributed by atoms with E-state index in [-0.39, 0.29) is 6.61 Å². The van der Waals surface area contributed by atoms with Crippen LogP contribution in [0.3, 0.4) is 0 Å². The first-order valence-corrected chi connectivity index (χ1v) is 10.2. The fourth-order valence-electron chi connectivity index (χ4n) is 3.04. The largest absolute Gasteiger partial charge is 0.465 e. The molecule has 1 aromatic rings. The molecule has 30 heavy (non-hydrogen) atoms. The Morgan fingerprint density at radius 3 is 1.87 bits per heavy atom. The summed E-state index contributed by atoms with van der Waals surface area (Å²) in [5, 5.41) is 2.09. The second-order valence-corrected chi connectivity index (χ2v) is 8.02.